The third-order valence-electron chi connectivity index (χ3n) is 7.30. The minimum Gasteiger partial charge on any atom is -0.449 e. The number of nitrogens with zero attached hydrogens (tertiary/aromatic N) is 1. The molecule has 0 bridgehead atoms. The molecule has 1 amide bonds. The lowest BCUT2D eigenvalue weighted by atomic mass is 9.86. The van der Waals surface area contributed by atoms with Gasteiger partial charge in [0.15, 0.2) is 17.2 Å². The van der Waals surface area contributed by atoms with Crippen LogP contribution < -0.4 is 14.2 Å². The predicted molar refractivity (Wildman–Crippen MR) is 161 cm³/mol. The number of halogens is 1. The number of fused-ring (bicyclic) bond motifs is 1. The molecule has 1 aliphatic carbocycles. The molecule has 0 spiro atoms. The summed E-state index contributed by atoms with van der Waals surface area (Å²) in [6.07, 6.45) is -3.26. The summed E-state index contributed by atoms with van der Waals surface area (Å²) in [5.41, 5.74) is 4.14. The number of carboxylic acid groups (broad SMARTS) is 3. The van der Waals surface area contributed by atoms with Crippen molar-refractivity contribution in [3.05, 3.63) is 112 Å². The molecule has 0 saturated carbocycles. The van der Waals surface area contributed by atoms with Crippen LogP contribution in [0.3, 0.4) is 0 Å². The van der Waals surface area contributed by atoms with E-state index in [2.05, 4.69) is 4.74 Å². The Bertz CT molecular complexity index is 1770. The van der Waals surface area contributed by atoms with Crippen LogP contribution in [0, 0.1) is 0 Å². The van der Waals surface area contributed by atoms with Crippen molar-refractivity contribution >= 4 is 36.0 Å². The fraction of sp³-hybridized carbons (Fsp3) is 0.152. The van der Waals surface area contributed by atoms with Crippen LogP contribution in [0.15, 0.2) is 84.9 Å². The summed E-state index contributed by atoms with van der Waals surface area (Å²) < 4.78 is 14.2. The van der Waals surface area contributed by atoms with E-state index in [0.29, 0.717) is 11.4 Å². The molecule has 0 fully saturated rings. The van der Waals surface area contributed by atoms with Gasteiger partial charge in [0.2, 0.25) is 0 Å². The van der Waals surface area contributed by atoms with Crippen LogP contribution in [-0.4, -0.2) is 44.6 Å². The second-order valence-electron chi connectivity index (χ2n) is 10.1. The fourth-order valence-electron chi connectivity index (χ4n) is 5.45. The monoisotopic (exact) mass is 631 g/mol. The van der Waals surface area contributed by atoms with E-state index in [-0.39, 0.29) is 12.1 Å². The van der Waals surface area contributed by atoms with E-state index < -0.39 is 47.7 Å². The zero-order chi connectivity index (χ0) is 32.1. The largest absolute Gasteiger partial charge is 0.511 e. The number of carbonyl (C=O) groups excluding carboxylic acids is 1. The average molecular weight is 632 g/mol. The number of amides is 1. The van der Waals surface area contributed by atoms with Gasteiger partial charge in [-0.1, -0.05) is 66.2 Å². The lowest BCUT2D eigenvalue weighted by Crippen LogP contribution is -2.36. The molecule has 1 atom stereocenters. The van der Waals surface area contributed by atoms with Crippen molar-refractivity contribution in [3.63, 3.8) is 0 Å². The van der Waals surface area contributed by atoms with Gasteiger partial charge in [-0.05, 0) is 65.3 Å². The standard InChI is InChI=1S/C33H26ClNO10/c34-23-13-11-20(12-14-23)22-8-3-5-19(15-22)18-35(26-10-4-7-21-6-1-2-9-24(21)26)30(36)25-16-28(44-32(39)40)29(45-33(41)42)17-27(25)43-31(37)38/h1-3,5-6,8-9,11-17,26H,4,7,10,18H2,(H,37,38)(H,39,40)(H,41,42)/t26-/m0/s1. The van der Waals surface area contributed by atoms with Crippen molar-refractivity contribution in [2.45, 2.75) is 31.8 Å². The number of hydrogen-bond acceptors (Lipinski definition) is 7. The highest BCUT2D eigenvalue weighted by atomic mass is 35.5. The van der Waals surface area contributed by atoms with E-state index >= 15 is 0 Å². The highest BCUT2D eigenvalue weighted by molar-refractivity contribution is 6.30. The van der Waals surface area contributed by atoms with Crippen LogP contribution in [0.25, 0.3) is 11.1 Å². The van der Waals surface area contributed by atoms with Crippen LogP contribution in [0.5, 0.6) is 17.2 Å². The van der Waals surface area contributed by atoms with Crippen molar-refractivity contribution in [1.29, 1.82) is 0 Å². The van der Waals surface area contributed by atoms with Crippen molar-refractivity contribution in [1.82, 2.24) is 4.90 Å². The number of hydrogen-bond donors (Lipinski definition) is 3. The van der Waals surface area contributed by atoms with Gasteiger partial charge in [-0.25, -0.2) is 14.4 Å². The molecule has 5 rings (SSSR count). The maximum Gasteiger partial charge on any atom is 0.511 e. The molecule has 230 valence electrons. The van der Waals surface area contributed by atoms with Crippen LogP contribution in [0.4, 0.5) is 14.4 Å². The van der Waals surface area contributed by atoms with Crippen LogP contribution in [0.1, 0.15) is 45.9 Å². The van der Waals surface area contributed by atoms with E-state index in [4.69, 9.17) is 26.2 Å². The van der Waals surface area contributed by atoms with Crippen molar-refractivity contribution in [2.24, 2.45) is 0 Å². The molecule has 4 aromatic carbocycles. The first kappa shape index (κ1) is 30.9. The molecule has 0 aliphatic heterocycles. The average Bonchev–Trinajstić information content (AvgIpc) is 3.00. The summed E-state index contributed by atoms with van der Waals surface area (Å²) >= 11 is 6.07. The van der Waals surface area contributed by atoms with Gasteiger partial charge in [-0.2, -0.15) is 0 Å². The highest BCUT2D eigenvalue weighted by Gasteiger charge is 2.33. The van der Waals surface area contributed by atoms with E-state index in [1.54, 1.807) is 17.0 Å². The molecule has 0 heterocycles. The lowest BCUT2D eigenvalue weighted by molar-refractivity contribution is 0.0633. The van der Waals surface area contributed by atoms with Gasteiger partial charge in [-0.15, -0.1) is 0 Å². The van der Waals surface area contributed by atoms with Gasteiger partial charge in [0, 0.05) is 23.7 Å². The molecule has 0 saturated heterocycles. The molecule has 12 heteroatoms. The Morgan fingerprint density at radius 2 is 1.38 bits per heavy atom. The Morgan fingerprint density at radius 1 is 0.733 bits per heavy atom. The van der Waals surface area contributed by atoms with Gasteiger partial charge >= 0.3 is 18.5 Å². The maximum atomic E-state index is 14.5. The predicted octanol–water partition coefficient (Wildman–Crippen LogP) is 7.90. The van der Waals surface area contributed by atoms with Gasteiger partial charge < -0.3 is 34.4 Å². The molecule has 0 aromatic heterocycles. The topological polar surface area (TPSA) is 160 Å². The van der Waals surface area contributed by atoms with Crippen molar-refractivity contribution in [3.8, 4) is 28.4 Å². The summed E-state index contributed by atoms with van der Waals surface area (Å²) in [6, 6.07) is 23.8. The van der Waals surface area contributed by atoms with Crippen LogP contribution in [0.2, 0.25) is 5.02 Å². The van der Waals surface area contributed by atoms with Gasteiger partial charge in [-0.3, -0.25) is 4.79 Å². The SMILES string of the molecule is O=C(O)Oc1cc(OC(=O)O)c(C(=O)N(Cc2cccc(-c3ccc(Cl)cc3)c2)[C@H]2CCCc3ccccc32)cc1OC(=O)O. The Hall–Kier alpha value is -5.55. The molecule has 11 nitrogen and oxygen atoms in total. The van der Waals surface area contributed by atoms with E-state index in [1.165, 1.54) is 0 Å². The Morgan fingerprint density at radius 3 is 2.07 bits per heavy atom. The van der Waals surface area contributed by atoms with E-state index in [1.807, 2.05) is 60.7 Å². The molecule has 3 N–H and O–H groups in total. The Labute approximate surface area is 261 Å². The zero-order valence-electron chi connectivity index (χ0n) is 23.5. The summed E-state index contributed by atoms with van der Waals surface area (Å²) in [5.74, 6) is -2.59. The van der Waals surface area contributed by atoms with E-state index in [0.717, 1.165) is 52.8 Å². The number of carbonyl (C=O) groups is 4. The first-order valence-corrected chi connectivity index (χ1v) is 14.1. The quantitative estimate of drug-likeness (QED) is 0.129. The smallest absolute Gasteiger partial charge is 0.449 e. The zero-order valence-corrected chi connectivity index (χ0v) is 24.3. The number of rotatable bonds is 8. The van der Waals surface area contributed by atoms with Gasteiger partial charge in [0.1, 0.15) is 0 Å². The Kier molecular flexibility index (Phi) is 9.20. The molecule has 0 unspecified atom stereocenters. The van der Waals surface area contributed by atoms with Crippen molar-refractivity contribution < 1.29 is 48.7 Å². The first-order valence-electron chi connectivity index (χ1n) is 13.7. The second-order valence-corrected chi connectivity index (χ2v) is 10.6. The third kappa shape index (κ3) is 7.34. The summed E-state index contributed by atoms with van der Waals surface area (Å²) in [5, 5.41) is 28.4. The van der Waals surface area contributed by atoms with Crippen molar-refractivity contribution in [2.75, 3.05) is 0 Å². The van der Waals surface area contributed by atoms with E-state index in [9.17, 15) is 29.4 Å². The fourth-order valence-corrected chi connectivity index (χ4v) is 5.58. The third-order valence-corrected chi connectivity index (χ3v) is 7.55. The summed E-state index contributed by atoms with van der Waals surface area (Å²) in [6.45, 7) is 0.0777. The van der Waals surface area contributed by atoms with Gasteiger partial charge in [0.05, 0.1) is 11.6 Å². The first-order chi connectivity index (χ1) is 21.6. The molecular formula is C33H26ClNO10. The maximum absolute atomic E-state index is 14.5. The van der Waals surface area contributed by atoms with Crippen LogP contribution >= 0.6 is 11.6 Å². The molecule has 0 radical (unpaired) electrons. The van der Waals surface area contributed by atoms with Gasteiger partial charge in [0.25, 0.3) is 5.91 Å². The summed E-state index contributed by atoms with van der Waals surface area (Å²) in [4.78, 5) is 50.4. The normalized spacial score (nSPS) is 13.7. The molecule has 4 aromatic rings. The van der Waals surface area contributed by atoms with Crippen LogP contribution in [-0.2, 0) is 13.0 Å². The Balaban J connectivity index is 1.63. The number of aryl methyl sites for hydroxylation is 1. The molecular weight excluding hydrogens is 606 g/mol. The number of benzene rings is 4. The lowest BCUT2D eigenvalue weighted by Gasteiger charge is -2.36. The minimum absolute atomic E-state index is 0.0777. The minimum atomic E-state index is -1.83. The summed E-state index contributed by atoms with van der Waals surface area (Å²) in [7, 11) is 0. The second kappa shape index (κ2) is 13.4. The molecule has 1 aliphatic rings. The highest BCUT2D eigenvalue weighted by Crippen LogP contribution is 2.40. The molecule has 45 heavy (non-hydrogen) atoms. The number of ether oxygens (including phenoxy) is 3.